The zero-order valence-corrected chi connectivity index (χ0v) is 15.8. The number of anilines is 1. The summed E-state index contributed by atoms with van der Waals surface area (Å²) in [4.78, 5) is 15.6. The van der Waals surface area contributed by atoms with Crippen LogP contribution >= 0.6 is 11.6 Å². The summed E-state index contributed by atoms with van der Waals surface area (Å²) in [6.45, 7) is 0. The fraction of sp³-hybridized carbons (Fsp3) is 0.111. The Morgan fingerprint density at radius 3 is 2.54 bits per heavy atom. The van der Waals surface area contributed by atoms with Gasteiger partial charge in [-0.2, -0.15) is 0 Å². The molecule has 6 nitrogen and oxygen atoms in total. The number of fused-ring (bicyclic) bond motifs is 1. The molecule has 3 N–H and O–H groups in total. The molecule has 2 aromatic carbocycles. The quantitative estimate of drug-likeness (QED) is 0.651. The first kappa shape index (κ1) is 20.1. The molecule has 0 bridgehead atoms. The lowest BCUT2D eigenvalue weighted by molar-refractivity contribution is -0.115. The van der Waals surface area contributed by atoms with Gasteiger partial charge in [0.15, 0.2) is 0 Å². The van der Waals surface area contributed by atoms with Crippen LogP contribution in [0, 0.1) is 0 Å². The molecule has 0 saturated heterocycles. The number of halogens is 3. The first-order valence-corrected chi connectivity index (χ1v) is 9.86. The molecule has 10 heteroatoms. The van der Waals surface area contributed by atoms with Gasteiger partial charge in [0.25, 0.3) is 6.43 Å². The summed E-state index contributed by atoms with van der Waals surface area (Å²) in [5.41, 5.74) is -0.0443. The Bertz CT molecular complexity index is 1170. The van der Waals surface area contributed by atoms with Crippen LogP contribution in [0.25, 0.3) is 10.8 Å². The highest BCUT2D eigenvalue weighted by Crippen LogP contribution is 2.32. The third-order valence-electron chi connectivity index (χ3n) is 3.98. The third kappa shape index (κ3) is 4.27. The van der Waals surface area contributed by atoms with Crippen LogP contribution in [0.3, 0.4) is 0 Å². The molecule has 0 aliphatic carbocycles. The average Bonchev–Trinajstić information content (AvgIpc) is 2.61. The molecular formula is C18H14ClF2N3O3S. The van der Waals surface area contributed by atoms with Crippen LogP contribution in [0.1, 0.15) is 17.7 Å². The summed E-state index contributed by atoms with van der Waals surface area (Å²) < 4.78 is 50.5. The third-order valence-corrected chi connectivity index (χ3v) is 5.30. The smallest absolute Gasteiger partial charge is 0.280 e. The molecule has 0 fully saturated rings. The highest BCUT2D eigenvalue weighted by Gasteiger charge is 2.20. The van der Waals surface area contributed by atoms with Crippen molar-refractivity contribution in [2.45, 2.75) is 17.7 Å². The van der Waals surface area contributed by atoms with Gasteiger partial charge in [-0.1, -0.05) is 29.8 Å². The van der Waals surface area contributed by atoms with Crippen molar-refractivity contribution >= 4 is 44.0 Å². The maximum Gasteiger partial charge on any atom is 0.280 e. The van der Waals surface area contributed by atoms with Gasteiger partial charge in [0.2, 0.25) is 15.9 Å². The van der Waals surface area contributed by atoms with Crippen LogP contribution in [0.5, 0.6) is 0 Å². The van der Waals surface area contributed by atoms with Gasteiger partial charge in [-0.05, 0) is 29.8 Å². The monoisotopic (exact) mass is 425 g/mol. The SMILES string of the molecule is NS(=O)(=O)c1cc(NC(=O)Cc2ccccc2Cl)cc2c(C(F)F)nccc12. The van der Waals surface area contributed by atoms with Gasteiger partial charge in [-0.25, -0.2) is 22.3 Å². The minimum atomic E-state index is -4.24. The molecule has 0 aliphatic heterocycles. The predicted molar refractivity (Wildman–Crippen MR) is 102 cm³/mol. The number of benzene rings is 2. The number of pyridine rings is 1. The number of primary sulfonamides is 1. The van der Waals surface area contributed by atoms with E-state index in [1.165, 1.54) is 12.1 Å². The van der Waals surface area contributed by atoms with Crippen LogP contribution in [-0.4, -0.2) is 19.3 Å². The lowest BCUT2D eigenvalue weighted by Crippen LogP contribution is -2.17. The molecule has 0 radical (unpaired) electrons. The Labute approximate surface area is 164 Å². The summed E-state index contributed by atoms with van der Waals surface area (Å²) in [6, 6.07) is 10.3. The summed E-state index contributed by atoms with van der Waals surface area (Å²) in [5, 5.41) is 8.00. The van der Waals surface area contributed by atoms with Crippen LogP contribution in [-0.2, 0) is 21.2 Å². The standard InChI is InChI=1S/C18H14ClF2N3O3S/c19-14-4-2-1-3-10(14)7-16(25)24-11-8-13-12(15(9-11)28(22,26)27)5-6-23-17(13)18(20)21/h1-6,8-9,18H,7H2,(H,24,25)(H2,22,26,27). The first-order valence-electron chi connectivity index (χ1n) is 7.93. The Balaban J connectivity index is 2.05. The van der Waals surface area contributed by atoms with Gasteiger partial charge in [0.05, 0.1) is 11.3 Å². The van der Waals surface area contributed by atoms with E-state index in [4.69, 9.17) is 16.7 Å². The van der Waals surface area contributed by atoms with Crippen molar-refractivity contribution in [3.05, 3.63) is 64.9 Å². The van der Waals surface area contributed by atoms with Crippen molar-refractivity contribution in [3.63, 3.8) is 0 Å². The minimum Gasteiger partial charge on any atom is -0.326 e. The largest absolute Gasteiger partial charge is 0.326 e. The van der Waals surface area contributed by atoms with E-state index in [9.17, 15) is 22.0 Å². The number of nitrogens with one attached hydrogen (secondary N) is 1. The normalized spacial score (nSPS) is 11.8. The molecule has 1 amide bonds. The van der Waals surface area contributed by atoms with Crippen molar-refractivity contribution in [1.82, 2.24) is 4.98 Å². The van der Waals surface area contributed by atoms with E-state index in [-0.39, 0.29) is 27.8 Å². The molecular weight excluding hydrogens is 412 g/mol. The van der Waals surface area contributed by atoms with E-state index in [0.717, 1.165) is 12.3 Å². The zero-order valence-electron chi connectivity index (χ0n) is 14.2. The van der Waals surface area contributed by atoms with Gasteiger partial charge in [0, 0.05) is 27.7 Å². The molecule has 28 heavy (non-hydrogen) atoms. The molecule has 0 aliphatic rings. The van der Waals surface area contributed by atoms with E-state index in [0.29, 0.717) is 10.6 Å². The van der Waals surface area contributed by atoms with Crippen molar-refractivity contribution in [3.8, 4) is 0 Å². The van der Waals surface area contributed by atoms with E-state index in [1.54, 1.807) is 24.3 Å². The second kappa shape index (κ2) is 7.78. The number of sulfonamides is 1. The summed E-state index contributed by atoms with van der Waals surface area (Å²) in [6.07, 6.45) is -1.95. The van der Waals surface area contributed by atoms with Gasteiger partial charge in [-0.15, -0.1) is 0 Å². The topological polar surface area (TPSA) is 102 Å². The van der Waals surface area contributed by atoms with Crippen LogP contribution in [0.4, 0.5) is 14.5 Å². The predicted octanol–water partition coefficient (Wildman–Crippen LogP) is 3.65. The maximum absolute atomic E-state index is 13.3. The summed E-state index contributed by atoms with van der Waals surface area (Å²) in [5.74, 6) is -0.504. The molecule has 0 unspecified atom stereocenters. The van der Waals surface area contributed by atoms with Gasteiger partial charge >= 0.3 is 0 Å². The molecule has 0 atom stereocenters. The highest BCUT2D eigenvalue weighted by molar-refractivity contribution is 7.89. The van der Waals surface area contributed by atoms with Gasteiger partial charge in [0.1, 0.15) is 5.69 Å². The second-order valence-electron chi connectivity index (χ2n) is 5.93. The number of carbonyl (C=O) groups excluding carboxylic acids is 1. The molecule has 0 spiro atoms. The van der Waals surface area contributed by atoms with Crippen molar-refractivity contribution in [2.24, 2.45) is 5.14 Å². The molecule has 146 valence electrons. The van der Waals surface area contributed by atoms with Gasteiger partial charge in [-0.3, -0.25) is 9.78 Å². The van der Waals surface area contributed by atoms with Crippen LogP contribution in [0.2, 0.25) is 5.02 Å². The van der Waals surface area contributed by atoms with Gasteiger partial charge < -0.3 is 5.32 Å². The van der Waals surface area contributed by atoms with E-state index in [1.807, 2.05) is 0 Å². The van der Waals surface area contributed by atoms with E-state index < -0.39 is 28.0 Å². The Morgan fingerprint density at radius 2 is 1.89 bits per heavy atom. The molecule has 3 aromatic rings. The first-order chi connectivity index (χ1) is 13.2. The number of nitrogens with zero attached hydrogens (tertiary/aromatic N) is 1. The maximum atomic E-state index is 13.3. The minimum absolute atomic E-state index is 0.00287. The number of amides is 1. The number of hydrogen-bond donors (Lipinski definition) is 2. The molecule has 1 aromatic heterocycles. The van der Waals surface area contributed by atoms with E-state index >= 15 is 0 Å². The second-order valence-corrected chi connectivity index (χ2v) is 7.86. The molecule has 0 saturated carbocycles. The Morgan fingerprint density at radius 1 is 1.18 bits per heavy atom. The number of carbonyl (C=O) groups is 1. The lowest BCUT2D eigenvalue weighted by atomic mass is 10.1. The van der Waals surface area contributed by atoms with Crippen LogP contribution in [0.15, 0.2) is 53.6 Å². The Kier molecular flexibility index (Phi) is 5.59. The summed E-state index contributed by atoms with van der Waals surface area (Å²) >= 11 is 6.02. The average molecular weight is 426 g/mol. The molecule has 3 rings (SSSR count). The number of hydrogen-bond acceptors (Lipinski definition) is 4. The van der Waals surface area contributed by atoms with Crippen molar-refractivity contribution in [2.75, 3.05) is 5.32 Å². The van der Waals surface area contributed by atoms with E-state index in [2.05, 4.69) is 10.3 Å². The number of rotatable bonds is 5. The summed E-state index contributed by atoms with van der Waals surface area (Å²) in [7, 11) is -4.24. The fourth-order valence-corrected chi connectivity index (χ4v) is 3.75. The number of aromatic nitrogens is 1. The molecule has 1 heterocycles. The number of nitrogens with two attached hydrogens (primary N) is 1. The Hall–Kier alpha value is -2.62. The highest BCUT2D eigenvalue weighted by atomic mass is 35.5. The number of alkyl halides is 2. The fourth-order valence-electron chi connectivity index (χ4n) is 2.77. The van der Waals surface area contributed by atoms with Crippen LogP contribution < -0.4 is 10.5 Å². The zero-order chi connectivity index (χ0) is 20.5. The van der Waals surface area contributed by atoms with Crippen molar-refractivity contribution in [1.29, 1.82) is 0 Å². The van der Waals surface area contributed by atoms with Crippen molar-refractivity contribution < 1.29 is 22.0 Å². The lowest BCUT2D eigenvalue weighted by Gasteiger charge is -2.13.